The molecule has 0 saturated carbocycles. The van der Waals surface area contributed by atoms with E-state index >= 15 is 0 Å². The molecule has 48 heavy (non-hydrogen) atoms. The Bertz CT molecular complexity index is 653. The zero-order valence-corrected chi connectivity index (χ0v) is 33.1. The molecule has 0 heterocycles. The Morgan fingerprint density at radius 2 is 0.938 bits per heavy atom. The molecule has 0 aliphatic heterocycles. The van der Waals surface area contributed by atoms with Gasteiger partial charge in [0.15, 0.2) is 0 Å². The first kappa shape index (κ1) is 47.1. The molecule has 0 bridgehead atoms. The summed E-state index contributed by atoms with van der Waals surface area (Å²) in [5, 5.41) is 0. The third kappa shape index (κ3) is 39.5. The molecular weight excluding hydrogens is 594 g/mol. The Morgan fingerprint density at radius 1 is 0.521 bits per heavy atom. The van der Waals surface area contributed by atoms with Crippen LogP contribution in [0.3, 0.4) is 0 Å². The lowest BCUT2D eigenvalue weighted by Gasteiger charge is -2.18. The molecule has 1 atom stereocenters. The smallest absolute Gasteiger partial charge is 0.305 e. The second-order valence-electron chi connectivity index (χ2n) is 14.7. The van der Waals surface area contributed by atoms with E-state index < -0.39 is 0 Å². The predicted molar refractivity (Wildman–Crippen MR) is 209 cm³/mol. The zero-order chi connectivity index (χ0) is 35.0. The van der Waals surface area contributed by atoms with E-state index in [9.17, 15) is 4.79 Å². The van der Waals surface area contributed by atoms with Crippen molar-refractivity contribution in [3.63, 3.8) is 0 Å². The SMILES string of the molecule is CCCCCCCCC=CCCCCCCCCOCC(COC(=O)CCCN(C)C)OCCCCCCCCCCCCCCCC. The van der Waals surface area contributed by atoms with Crippen LogP contribution in [-0.2, 0) is 19.0 Å². The summed E-state index contributed by atoms with van der Waals surface area (Å²) in [5.41, 5.74) is 0. The minimum atomic E-state index is -0.168. The van der Waals surface area contributed by atoms with Gasteiger partial charge < -0.3 is 19.1 Å². The molecule has 0 N–H and O–H groups in total. The Hall–Kier alpha value is -0.910. The minimum Gasteiger partial charge on any atom is -0.463 e. The fraction of sp³-hybridized carbons (Fsp3) is 0.930. The zero-order valence-electron chi connectivity index (χ0n) is 33.1. The Kier molecular flexibility index (Phi) is 39.8. The molecule has 0 aliphatic carbocycles. The average Bonchev–Trinajstić information content (AvgIpc) is 3.07. The van der Waals surface area contributed by atoms with E-state index in [0.29, 0.717) is 19.6 Å². The first-order chi connectivity index (χ1) is 23.6. The van der Waals surface area contributed by atoms with E-state index in [4.69, 9.17) is 14.2 Å². The van der Waals surface area contributed by atoms with Gasteiger partial charge in [0.25, 0.3) is 0 Å². The maximum Gasteiger partial charge on any atom is 0.305 e. The first-order valence-corrected chi connectivity index (χ1v) is 21.2. The molecule has 0 aromatic rings. The summed E-state index contributed by atoms with van der Waals surface area (Å²) in [6, 6.07) is 0. The van der Waals surface area contributed by atoms with Crippen LogP contribution in [-0.4, -0.2) is 64.0 Å². The molecule has 0 spiro atoms. The number of esters is 1. The Labute approximate surface area is 301 Å². The number of unbranched alkanes of at least 4 members (excludes halogenated alkanes) is 25. The summed E-state index contributed by atoms with van der Waals surface area (Å²) < 4.78 is 17.7. The summed E-state index contributed by atoms with van der Waals surface area (Å²) in [4.78, 5) is 14.3. The Balaban J connectivity index is 3.92. The van der Waals surface area contributed by atoms with Crippen molar-refractivity contribution < 1.29 is 19.0 Å². The van der Waals surface area contributed by atoms with Crippen LogP contribution in [0.1, 0.15) is 206 Å². The van der Waals surface area contributed by atoms with Gasteiger partial charge in [-0.3, -0.25) is 4.79 Å². The van der Waals surface area contributed by atoms with Gasteiger partial charge in [-0.05, 0) is 65.6 Å². The number of rotatable bonds is 40. The maximum atomic E-state index is 12.2. The summed E-state index contributed by atoms with van der Waals surface area (Å²) >= 11 is 0. The van der Waals surface area contributed by atoms with E-state index in [1.165, 1.54) is 167 Å². The first-order valence-electron chi connectivity index (χ1n) is 21.2. The number of hydrogen-bond acceptors (Lipinski definition) is 5. The molecule has 0 aromatic heterocycles. The highest BCUT2D eigenvalue weighted by atomic mass is 16.6. The molecule has 5 nitrogen and oxygen atoms in total. The molecule has 0 saturated heterocycles. The third-order valence-electron chi connectivity index (χ3n) is 9.37. The van der Waals surface area contributed by atoms with Gasteiger partial charge in [0.2, 0.25) is 0 Å². The number of nitrogens with zero attached hydrogens (tertiary/aromatic N) is 1. The highest BCUT2D eigenvalue weighted by Crippen LogP contribution is 2.14. The van der Waals surface area contributed by atoms with Crippen LogP contribution >= 0.6 is 0 Å². The second-order valence-corrected chi connectivity index (χ2v) is 14.7. The number of hydrogen-bond donors (Lipinski definition) is 0. The molecule has 1 unspecified atom stereocenters. The van der Waals surface area contributed by atoms with Crippen LogP contribution in [0.15, 0.2) is 12.2 Å². The van der Waals surface area contributed by atoms with Crippen LogP contribution in [0.2, 0.25) is 0 Å². The standard InChI is InChI=1S/C43H85NO4/c1-5-7-9-11-13-15-17-19-21-22-23-25-27-29-31-33-38-46-40-42(41-48-43(45)36-35-37-44(3)4)47-39-34-32-30-28-26-24-20-18-16-14-12-10-8-6-2/h19,21,42H,5-18,20,22-41H2,1-4H3. The van der Waals surface area contributed by atoms with Crippen LogP contribution in [0.4, 0.5) is 0 Å². The number of allylic oxidation sites excluding steroid dienone is 2. The van der Waals surface area contributed by atoms with Gasteiger partial charge in [0.05, 0.1) is 6.61 Å². The molecule has 0 aromatic carbocycles. The fourth-order valence-electron chi connectivity index (χ4n) is 6.16. The van der Waals surface area contributed by atoms with Gasteiger partial charge in [-0.1, -0.05) is 167 Å². The van der Waals surface area contributed by atoms with Crippen molar-refractivity contribution in [2.24, 2.45) is 0 Å². The lowest BCUT2D eigenvalue weighted by Crippen LogP contribution is -2.28. The molecule has 286 valence electrons. The van der Waals surface area contributed by atoms with Gasteiger partial charge in [-0.25, -0.2) is 0 Å². The van der Waals surface area contributed by atoms with Crippen molar-refractivity contribution in [1.82, 2.24) is 4.90 Å². The van der Waals surface area contributed by atoms with Crippen molar-refractivity contribution >= 4 is 5.97 Å². The number of carbonyl (C=O) groups excluding carboxylic acids is 1. The Morgan fingerprint density at radius 3 is 1.40 bits per heavy atom. The highest BCUT2D eigenvalue weighted by molar-refractivity contribution is 5.69. The second kappa shape index (κ2) is 40.5. The highest BCUT2D eigenvalue weighted by Gasteiger charge is 2.13. The maximum absolute atomic E-state index is 12.2. The van der Waals surface area contributed by atoms with Gasteiger partial charge in [-0.2, -0.15) is 0 Å². The van der Waals surface area contributed by atoms with Gasteiger partial charge in [0, 0.05) is 19.6 Å². The van der Waals surface area contributed by atoms with Crippen LogP contribution in [0, 0.1) is 0 Å². The molecule has 0 radical (unpaired) electrons. The monoisotopic (exact) mass is 680 g/mol. The van der Waals surface area contributed by atoms with Crippen LogP contribution < -0.4 is 0 Å². The fourth-order valence-corrected chi connectivity index (χ4v) is 6.16. The van der Waals surface area contributed by atoms with Crippen molar-refractivity contribution in [3.05, 3.63) is 12.2 Å². The normalized spacial score (nSPS) is 12.4. The number of carbonyl (C=O) groups is 1. The van der Waals surface area contributed by atoms with Gasteiger partial charge in [-0.15, -0.1) is 0 Å². The van der Waals surface area contributed by atoms with Crippen molar-refractivity contribution in [2.75, 3.05) is 47.1 Å². The van der Waals surface area contributed by atoms with Gasteiger partial charge >= 0.3 is 5.97 Å². The van der Waals surface area contributed by atoms with Crippen molar-refractivity contribution in [3.8, 4) is 0 Å². The van der Waals surface area contributed by atoms with E-state index in [2.05, 4.69) is 30.9 Å². The van der Waals surface area contributed by atoms with E-state index in [1.807, 2.05) is 14.1 Å². The lowest BCUT2D eigenvalue weighted by atomic mass is 10.0. The molecule has 0 fully saturated rings. The summed E-state index contributed by atoms with van der Waals surface area (Å²) in [5.74, 6) is -0.129. The topological polar surface area (TPSA) is 48.0 Å². The van der Waals surface area contributed by atoms with E-state index in [0.717, 1.165) is 39.0 Å². The van der Waals surface area contributed by atoms with Crippen LogP contribution in [0.5, 0.6) is 0 Å². The summed E-state index contributed by atoms with van der Waals surface area (Å²) in [6.45, 7) is 7.75. The quantitative estimate of drug-likeness (QED) is 0.0366. The molecule has 0 aliphatic rings. The van der Waals surface area contributed by atoms with Crippen molar-refractivity contribution in [2.45, 2.75) is 213 Å². The predicted octanol–water partition coefficient (Wildman–Crippen LogP) is 12.8. The van der Waals surface area contributed by atoms with E-state index in [1.54, 1.807) is 0 Å². The minimum absolute atomic E-state index is 0.129. The summed E-state index contributed by atoms with van der Waals surface area (Å²) in [7, 11) is 4.06. The largest absolute Gasteiger partial charge is 0.463 e. The molecular formula is C43H85NO4. The van der Waals surface area contributed by atoms with Crippen molar-refractivity contribution in [1.29, 1.82) is 0 Å². The third-order valence-corrected chi connectivity index (χ3v) is 9.37. The van der Waals surface area contributed by atoms with E-state index in [-0.39, 0.29) is 12.1 Å². The molecule has 0 amide bonds. The average molecular weight is 680 g/mol. The van der Waals surface area contributed by atoms with Crippen LogP contribution in [0.25, 0.3) is 0 Å². The van der Waals surface area contributed by atoms with Gasteiger partial charge in [0.1, 0.15) is 12.7 Å². The number of ether oxygens (including phenoxy) is 3. The lowest BCUT2D eigenvalue weighted by molar-refractivity contribution is -0.150. The molecule has 5 heteroatoms. The molecule has 0 rings (SSSR count). The summed E-state index contributed by atoms with van der Waals surface area (Å²) in [6.07, 6.45) is 43.2.